The zero-order valence-corrected chi connectivity index (χ0v) is 17.7. The van der Waals surface area contributed by atoms with E-state index in [1.807, 2.05) is 5.38 Å². The van der Waals surface area contributed by atoms with Gasteiger partial charge < -0.3 is 10.6 Å². The highest BCUT2D eigenvalue weighted by Crippen LogP contribution is 2.20. The monoisotopic (exact) mass is 491 g/mol. The minimum absolute atomic E-state index is 0. The van der Waals surface area contributed by atoms with E-state index in [0.29, 0.717) is 37.9 Å². The van der Waals surface area contributed by atoms with Crippen molar-refractivity contribution in [2.75, 3.05) is 26.7 Å². The lowest BCUT2D eigenvalue weighted by molar-refractivity contribution is -0.143. The molecular formula is C15H25F3IN5S. The maximum absolute atomic E-state index is 12.4. The first-order chi connectivity index (χ1) is 11.3. The van der Waals surface area contributed by atoms with E-state index in [-0.39, 0.29) is 30.0 Å². The lowest BCUT2D eigenvalue weighted by Crippen LogP contribution is -2.44. The Hall–Kier alpha value is -0.620. The van der Waals surface area contributed by atoms with E-state index in [9.17, 15) is 13.2 Å². The summed E-state index contributed by atoms with van der Waals surface area (Å²) in [6.45, 7) is 4.71. The summed E-state index contributed by atoms with van der Waals surface area (Å²) in [4.78, 5) is 10.1. The molecule has 25 heavy (non-hydrogen) atoms. The summed E-state index contributed by atoms with van der Waals surface area (Å²) in [7, 11) is 1.65. The highest BCUT2D eigenvalue weighted by Gasteiger charge is 2.34. The lowest BCUT2D eigenvalue weighted by atomic mass is 10.2. The standard InChI is InChI=1S/C15H24F3N5S.HI/c1-10(2)12-8-24-13(22-12)6-20-14(19-3)21-11-4-5-23(7-11)9-15(16,17)18;/h8,10-11H,4-7,9H2,1-3H3,(H2,19,20,21);1H. The molecule has 0 saturated carbocycles. The summed E-state index contributed by atoms with van der Waals surface area (Å²) in [5.41, 5.74) is 1.07. The van der Waals surface area contributed by atoms with Crippen LogP contribution in [0.25, 0.3) is 0 Å². The van der Waals surface area contributed by atoms with Crippen LogP contribution in [-0.4, -0.2) is 54.7 Å². The Balaban J connectivity index is 0.00000312. The maximum atomic E-state index is 12.4. The Morgan fingerprint density at radius 2 is 2.20 bits per heavy atom. The Morgan fingerprint density at radius 1 is 1.48 bits per heavy atom. The molecule has 0 radical (unpaired) electrons. The molecule has 1 unspecified atom stereocenters. The first-order valence-corrected chi connectivity index (χ1v) is 8.85. The third kappa shape index (κ3) is 7.65. The van der Waals surface area contributed by atoms with Crippen molar-refractivity contribution in [3.05, 3.63) is 16.1 Å². The molecule has 5 nitrogen and oxygen atoms in total. The molecule has 0 spiro atoms. The van der Waals surface area contributed by atoms with Crippen LogP contribution in [0.1, 0.15) is 36.9 Å². The number of halogens is 4. The number of guanidine groups is 1. The molecule has 2 rings (SSSR count). The minimum Gasteiger partial charge on any atom is -0.352 e. The van der Waals surface area contributed by atoms with Crippen LogP contribution in [0.5, 0.6) is 0 Å². The Bertz CT molecular complexity index is 562. The third-order valence-corrected chi connectivity index (χ3v) is 4.67. The summed E-state index contributed by atoms with van der Waals surface area (Å²) in [6.07, 6.45) is -3.47. The van der Waals surface area contributed by atoms with Gasteiger partial charge in [-0.1, -0.05) is 13.8 Å². The number of aromatic nitrogens is 1. The van der Waals surface area contributed by atoms with Crippen LogP contribution >= 0.6 is 35.3 Å². The van der Waals surface area contributed by atoms with Crippen LogP contribution < -0.4 is 10.6 Å². The Kier molecular flexibility index (Phi) is 8.89. The van der Waals surface area contributed by atoms with Crippen LogP contribution in [0.4, 0.5) is 13.2 Å². The molecule has 0 bridgehead atoms. The number of rotatable bonds is 5. The van der Waals surface area contributed by atoms with E-state index >= 15 is 0 Å². The van der Waals surface area contributed by atoms with Gasteiger partial charge in [0.15, 0.2) is 5.96 Å². The fraction of sp³-hybridized carbons (Fsp3) is 0.733. The molecule has 0 aliphatic carbocycles. The summed E-state index contributed by atoms with van der Waals surface area (Å²) in [6, 6.07) is -0.0268. The summed E-state index contributed by atoms with van der Waals surface area (Å²) in [5.74, 6) is 0.987. The number of thiazole rings is 1. The van der Waals surface area contributed by atoms with Crippen molar-refractivity contribution in [3.8, 4) is 0 Å². The molecule has 1 aromatic rings. The van der Waals surface area contributed by atoms with Crippen LogP contribution in [-0.2, 0) is 6.54 Å². The van der Waals surface area contributed by atoms with Gasteiger partial charge in [-0.25, -0.2) is 4.98 Å². The lowest BCUT2D eigenvalue weighted by Gasteiger charge is -2.19. The van der Waals surface area contributed by atoms with Crippen molar-refractivity contribution < 1.29 is 13.2 Å². The third-order valence-electron chi connectivity index (χ3n) is 3.81. The first-order valence-electron chi connectivity index (χ1n) is 7.97. The first kappa shape index (κ1) is 22.4. The number of hydrogen-bond donors (Lipinski definition) is 2. The van der Waals surface area contributed by atoms with Gasteiger partial charge in [0.1, 0.15) is 5.01 Å². The van der Waals surface area contributed by atoms with E-state index in [4.69, 9.17) is 0 Å². The van der Waals surface area contributed by atoms with Gasteiger partial charge in [0.25, 0.3) is 0 Å². The highest BCUT2D eigenvalue weighted by atomic mass is 127. The van der Waals surface area contributed by atoms with E-state index in [1.165, 1.54) is 4.90 Å². The molecule has 2 N–H and O–H groups in total. The zero-order valence-electron chi connectivity index (χ0n) is 14.6. The average Bonchev–Trinajstić information content (AvgIpc) is 3.11. The summed E-state index contributed by atoms with van der Waals surface area (Å²) >= 11 is 1.59. The van der Waals surface area contributed by atoms with Crippen molar-refractivity contribution in [3.63, 3.8) is 0 Å². The van der Waals surface area contributed by atoms with Gasteiger partial charge in [0.05, 0.1) is 18.8 Å². The quantitative estimate of drug-likeness (QED) is 0.378. The van der Waals surface area contributed by atoms with Crippen molar-refractivity contribution in [2.45, 2.75) is 44.9 Å². The maximum Gasteiger partial charge on any atom is 0.401 e. The van der Waals surface area contributed by atoms with Gasteiger partial charge in [-0.05, 0) is 12.3 Å². The Morgan fingerprint density at radius 3 is 2.76 bits per heavy atom. The van der Waals surface area contributed by atoms with E-state index < -0.39 is 12.7 Å². The molecule has 1 aliphatic rings. The van der Waals surface area contributed by atoms with Gasteiger partial charge in [0, 0.05) is 31.6 Å². The second kappa shape index (κ2) is 9.91. The fourth-order valence-corrected chi connectivity index (χ4v) is 3.46. The van der Waals surface area contributed by atoms with Gasteiger partial charge >= 0.3 is 6.18 Å². The van der Waals surface area contributed by atoms with Crippen molar-refractivity contribution in [2.24, 2.45) is 4.99 Å². The molecule has 10 heteroatoms. The van der Waals surface area contributed by atoms with Crippen LogP contribution in [0, 0.1) is 0 Å². The predicted octanol–water partition coefficient (Wildman–Crippen LogP) is 3.19. The number of likely N-dealkylation sites (tertiary alicyclic amines) is 1. The van der Waals surface area contributed by atoms with Crippen molar-refractivity contribution in [1.29, 1.82) is 0 Å². The molecule has 0 aromatic carbocycles. The fourth-order valence-electron chi connectivity index (χ4n) is 2.57. The average molecular weight is 491 g/mol. The molecule has 144 valence electrons. The van der Waals surface area contributed by atoms with Crippen molar-refractivity contribution in [1.82, 2.24) is 20.5 Å². The zero-order chi connectivity index (χ0) is 17.7. The number of hydrogen-bond acceptors (Lipinski definition) is 4. The predicted molar refractivity (Wildman–Crippen MR) is 106 cm³/mol. The van der Waals surface area contributed by atoms with Crippen LogP contribution in [0.15, 0.2) is 10.4 Å². The molecule has 0 amide bonds. The molecule has 1 atom stereocenters. The van der Waals surface area contributed by atoms with Gasteiger partial charge in [0.2, 0.25) is 0 Å². The minimum atomic E-state index is -4.15. The second-order valence-corrected chi connectivity index (χ2v) is 7.17. The van der Waals surface area contributed by atoms with E-state index in [1.54, 1.807) is 18.4 Å². The SMILES string of the molecule is CN=C(NCc1nc(C(C)C)cs1)NC1CCN(CC(F)(F)F)C1.I. The molecule has 1 aliphatic heterocycles. The molecule has 2 heterocycles. The van der Waals surface area contributed by atoms with Gasteiger partial charge in [-0.15, -0.1) is 35.3 Å². The van der Waals surface area contributed by atoms with Gasteiger partial charge in [-0.3, -0.25) is 9.89 Å². The summed E-state index contributed by atoms with van der Waals surface area (Å²) in [5, 5.41) is 9.37. The largest absolute Gasteiger partial charge is 0.401 e. The number of aliphatic imine (C=N–C) groups is 1. The number of alkyl halides is 3. The highest BCUT2D eigenvalue weighted by molar-refractivity contribution is 14.0. The van der Waals surface area contributed by atoms with E-state index in [2.05, 4.69) is 34.5 Å². The number of nitrogens with one attached hydrogen (secondary N) is 2. The molecule has 1 fully saturated rings. The topological polar surface area (TPSA) is 52.6 Å². The molecule has 1 aromatic heterocycles. The molecule has 1 saturated heterocycles. The molecular weight excluding hydrogens is 466 g/mol. The smallest absolute Gasteiger partial charge is 0.352 e. The van der Waals surface area contributed by atoms with Gasteiger partial charge in [-0.2, -0.15) is 13.2 Å². The Labute approximate surface area is 167 Å². The number of nitrogens with zero attached hydrogens (tertiary/aromatic N) is 3. The van der Waals surface area contributed by atoms with Crippen molar-refractivity contribution >= 4 is 41.3 Å². The van der Waals surface area contributed by atoms with Crippen LogP contribution in [0.3, 0.4) is 0 Å². The van der Waals surface area contributed by atoms with Crippen LogP contribution in [0.2, 0.25) is 0 Å². The van der Waals surface area contributed by atoms with E-state index in [0.717, 1.165) is 10.7 Å². The normalized spacial score (nSPS) is 19.2. The summed E-state index contributed by atoms with van der Waals surface area (Å²) < 4.78 is 37.3. The second-order valence-electron chi connectivity index (χ2n) is 6.23.